The first-order valence-corrected chi connectivity index (χ1v) is 11.3. The molecule has 29 heavy (non-hydrogen) atoms. The topological polar surface area (TPSA) is 61.9 Å². The van der Waals surface area contributed by atoms with Crippen molar-refractivity contribution in [3.8, 4) is 11.8 Å². The molecule has 3 aromatic rings. The number of halogens is 1. The molecule has 1 amide bonds. The molecule has 5 nitrogen and oxygen atoms in total. The zero-order valence-electron chi connectivity index (χ0n) is 15.5. The Hall–Kier alpha value is -2.18. The van der Waals surface area contributed by atoms with Gasteiger partial charge >= 0.3 is 0 Å². The number of nitriles is 1. The monoisotopic (exact) mass is 460 g/mol. The third kappa shape index (κ3) is 5.46. The smallest absolute Gasteiger partial charge is 0.237 e. The standard InChI is InChI=1S/C20H17ClN4OS3/c1-14-12-16(8-9-17(14)21)24(11-5-10-22)18(26)13-28-19-23-25(20(27)29-19)15-6-3-2-4-7-15/h2-4,6-9,12H,5,11,13H2,1H3. The van der Waals surface area contributed by atoms with Crippen LogP contribution in [0.15, 0.2) is 52.9 Å². The number of rotatable bonds is 7. The highest BCUT2D eigenvalue weighted by atomic mass is 35.5. The lowest BCUT2D eigenvalue weighted by Crippen LogP contribution is -2.33. The van der Waals surface area contributed by atoms with Gasteiger partial charge in [-0.05, 0) is 55.0 Å². The van der Waals surface area contributed by atoms with Gasteiger partial charge in [0, 0.05) is 17.3 Å². The van der Waals surface area contributed by atoms with Gasteiger partial charge in [-0.15, -0.1) is 5.10 Å². The fourth-order valence-corrected chi connectivity index (χ4v) is 4.96. The van der Waals surface area contributed by atoms with Crippen molar-refractivity contribution in [2.45, 2.75) is 17.7 Å². The van der Waals surface area contributed by atoms with Crippen molar-refractivity contribution in [2.24, 2.45) is 0 Å². The Kier molecular flexibility index (Phi) is 7.45. The van der Waals surface area contributed by atoms with Crippen LogP contribution in [0, 0.1) is 22.2 Å². The minimum absolute atomic E-state index is 0.0978. The summed E-state index contributed by atoms with van der Waals surface area (Å²) >= 11 is 14.2. The van der Waals surface area contributed by atoms with E-state index in [0.717, 1.165) is 21.3 Å². The average molecular weight is 461 g/mol. The molecule has 0 N–H and O–H groups in total. The minimum atomic E-state index is -0.0978. The summed E-state index contributed by atoms with van der Waals surface area (Å²) in [5.74, 6) is 0.101. The molecule has 0 bridgehead atoms. The van der Waals surface area contributed by atoms with Crippen molar-refractivity contribution >= 4 is 58.5 Å². The number of nitrogens with zero attached hydrogens (tertiary/aromatic N) is 4. The molecule has 0 aliphatic rings. The summed E-state index contributed by atoms with van der Waals surface area (Å²) in [5.41, 5.74) is 2.50. The number of benzene rings is 2. The summed E-state index contributed by atoms with van der Waals surface area (Å²) in [7, 11) is 0. The maximum atomic E-state index is 12.9. The fourth-order valence-electron chi connectivity index (χ4n) is 2.61. The predicted octanol–water partition coefficient (Wildman–Crippen LogP) is 5.66. The van der Waals surface area contributed by atoms with E-state index in [1.165, 1.54) is 23.1 Å². The van der Waals surface area contributed by atoms with Crippen LogP contribution in [0.3, 0.4) is 0 Å². The van der Waals surface area contributed by atoms with Crippen LogP contribution < -0.4 is 4.90 Å². The summed E-state index contributed by atoms with van der Waals surface area (Å²) in [6, 6.07) is 17.2. The Balaban J connectivity index is 1.74. The number of anilines is 1. The predicted molar refractivity (Wildman–Crippen MR) is 122 cm³/mol. The van der Waals surface area contributed by atoms with Crippen LogP contribution in [0.1, 0.15) is 12.0 Å². The Labute approximate surface area is 187 Å². The van der Waals surface area contributed by atoms with Crippen molar-refractivity contribution in [2.75, 3.05) is 17.2 Å². The molecule has 0 spiro atoms. The number of hydrogen-bond acceptors (Lipinski definition) is 6. The average Bonchev–Trinajstić information content (AvgIpc) is 3.10. The number of thioether (sulfide) groups is 1. The number of carbonyl (C=O) groups is 1. The van der Waals surface area contributed by atoms with Gasteiger partial charge in [-0.1, -0.05) is 52.9 Å². The number of aromatic nitrogens is 2. The van der Waals surface area contributed by atoms with Crippen molar-refractivity contribution in [1.29, 1.82) is 5.26 Å². The third-order valence-corrected chi connectivity index (χ3v) is 6.82. The lowest BCUT2D eigenvalue weighted by molar-refractivity contribution is -0.116. The van der Waals surface area contributed by atoms with E-state index >= 15 is 0 Å². The Morgan fingerprint density at radius 3 is 2.79 bits per heavy atom. The van der Waals surface area contributed by atoms with Gasteiger partial charge in [-0.25, -0.2) is 4.68 Å². The second-order valence-corrected chi connectivity index (χ2v) is 9.31. The number of hydrogen-bond donors (Lipinski definition) is 0. The van der Waals surface area contributed by atoms with E-state index < -0.39 is 0 Å². The van der Waals surface area contributed by atoms with Crippen LogP contribution in [0.25, 0.3) is 5.69 Å². The van der Waals surface area contributed by atoms with Crippen molar-refractivity contribution in [1.82, 2.24) is 9.78 Å². The number of aryl methyl sites for hydroxylation is 1. The van der Waals surface area contributed by atoms with Crippen LogP contribution in [0.2, 0.25) is 5.02 Å². The molecule has 0 aliphatic carbocycles. The number of para-hydroxylation sites is 1. The van der Waals surface area contributed by atoms with E-state index in [-0.39, 0.29) is 18.1 Å². The molecule has 1 aromatic heterocycles. The van der Waals surface area contributed by atoms with E-state index in [9.17, 15) is 4.79 Å². The van der Waals surface area contributed by atoms with Gasteiger partial charge in [0.1, 0.15) is 0 Å². The summed E-state index contributed by atoms with van der Waals surface area (Å²) in [4.78, 5) is 14.5. The van der Waals surface area contributed by atoms with Crippen LogP contribution in [-0.2, 0) is 4.79 Å². The maximum absolute atomic E-state index is 12.9. The first-order valence-electron chi connectivity index (χ1n) is 8.71. The first kappa shape index (κ1) is 21.5. The molecule has 0 fully saturated rings. The Morgan fingerprint density at radius 1 is 1.34 bits per heavy atom. The van der Waals surface area contributed by atoms with E-state index in [1.807, 2.05) is 43.3 Å². The van der Waals surface area contributed by atoms with Gasteiger partial charge in [-0.3, -0.25) is 4.79 Å². The van der Waals surface area contributed by atoms with Gasteiger partial charge in [0.25, 0.3) is 0 Å². The molecule has 0 saturated heterocycles. The summed E-state index contributed by atoms with van der Waals surface area (Å²) in [5, 5.41) is 14.1. The lowest BCUT2D eigenvalue weighted by Gasteiger charge is -2.22. The van der Waals surface area contributed by atoms with Gasteiger partial charge in [0.15, 0.2) is 8.29 Å². The second-order valence-electron chi connectivity index (χ2n) is 6.06. The summed E-state index contributed by atoms with van der Waals surface area (Å²) in [6.07, 6.45) is 0.250. The molecule has 0 unspecified atom stereocenters. The Bertz CT molecular complexity index is 1100. The fraction of sp³-hybridized carbons (Fsp3) is 0.200. The molecule has 0 radical (unpaired) electrons. The van der Waals surface area contributed by atoms with E-state index in [4.69, 9.17) is 29.1 Å². The molecule has 9 heteroatoms. The molecular weight excluding hydrogens is 444 g/mol. The Morgan fingerprint density at radius 2 is 2.10 bits per heavy atom. The zero-order chi connectivity index (χ0) is 20.8. The van der Waals surface area contributed by atoms with E-state index in [0.29, 0.717) is 15.5 Å². The second kappa shape index (κ2) is 10.0. The van der Waals surface area contributed by atoms with E-state index in [1.54, 1.807) is 21.7 Å². The van der Waals surface area contributed by atoms with Crippen molar-refractivity contribution < 1.29 is 4.79 Å². The molecule has 1 heterocycles. The molecule has 0 atom stereocenters. The van der Waals surface area contributed by atoms with Gasteiger partial charge < -0.3 is 4.90 Å². The van der Waals surface area contributed by atoms with Gasteiger partial charge in [0.2, 0.25) is 5.91 Å². The minimum Gasteiger partial charge on any atom is -0.311 e. The van der Waals surface area contributed by atoms with Crippen LogP contribution in [-0.4, -0.2) is 28.0 Å². The van der Waals surface area contributed by atoms with Crippen molar-refractivity contribution in [3.05, 3.63) is 63.1 Å². The molecule has 3 rings (SSSR count). The number of carbonyl (C=O) groups excluding carboxylic acids is 1. The van der Waals surface area contributed by atoms with Crippen LogP contribution >= 0.6 is 46.9 Å². The highest BCUT2D eigenvalue weighted by molar-refractivity contribution is 8.01. The molecule has 2 aromatic carbocycles. The van der Waals surface area contributed by atoms with Gasteiger partial charge in [-0.2, -0.15) is 5.26 Å². The van der Waals surface area contributed by atoms with Crippen LogP contribution in [0.5, 0.6) is 0 Å². The molecular formula is C20H17ClN4OS3. The third-order valence-electron chi connectivity index (χ3n) is 4.05. The largest absolute Gasteiger partial charge is 0.311 e. The summed E-state index contributed by atoms with van der Waals surface area (Å²) < 4.78 is 3.04. The van der Waals surface area contributed by atoms with E-state index in [2.05, 4.69) is 11.2 Å². The molecule has 0 saturated carbocycles. The normalized spacial score (nSPS) is 10.5. The highest BCUT2D eigenvalue weighted by Crippen LogP contribution is 2.27. The number of amides is 1. The SMILES string of the molecule is Cc1cc(N(CCC#N)C(=O)CSc2nn(-c3ccccc3)c(=S)s2)ccc1Cl. The molecule has 148 valence electrons. The van der Waals surface area contributed by atoms with Gasteiger partial charge in [0.05, 0.1) is 23.9 Å². The highest BCUT2D eigenvalue weighted by Gasteiger charge is 2.18. The maximum Gasteiger partial charge on any atom is 0.237 e. The lowest BCUT2D eigenvalue weighted by atomic mass is 10.2. The van der Waals surface area contributed by atoms with Crippen molar-refractivity contribution in [3.63, 3.8) is 0 Å². The summed E-state index contributed by atoms with van der Waals surface area (Å²) in [6.45, 7) is 2.21. The van der Waals surface area contributed by atoms with Crippen LogP contribution in [0.4, 0.5) is 5.69 Å². The quantitative estimate of drug-likeness (QED) is 0.336. The molecule has 0 aliphatic heterocycles. The zero-order valence-corrected chi connectivity index (χ0v) is 18.7. The first-order chi connectivity index (χ1) is 14.0.